The highest BCUT2D eigenvalue weighted by Gasteiger charge is 2.25. The Kier molecular flexibility index (Phi) is 7.25. The lowest BCUT2D eigenvalue weighted by molar-refractivity contribution is 0.0950. The summed E-state index contributed by atoms with van der Waals surface area (Å²) in [7, 11) is -4.21. The van der Waals surface area contributed by atoms with Gasteiger partial charge in [-0.15, -0.1) is 0 Å². The van der Waals surface area contributed by atoms with Gasteiger partial charge < -0.3 is 10.2 Å². The summed E-state index contributed by atoms with van der Waals surface area (Å²) in [6.07, 6.45) is 6.45. The lowest BCUT2D eigenvalue weighted by atomic mass is 10.1. The zero-order valence-corrected chi connectivity index (χ0v) is 20.0. The van der Waals surface area contributed by atoms with Gasteiger partial charge in [-0.2, -0.15) is 0 Å². The smallest absolute Gasteiger partial charge is 0.264 e. The summed E-state index contributed by atoms with van der Waals surface area (Å²) in [4.78, 5) is 18.4. The van der Waals surface area contributed by atoms with Crippen LogP contribution in [-0.4, -0.2) is 20.5 Å². The fourth-order valence-corrected chi connectivity index (χ4v) is 4.74. The van der Waals surface area contributed by atoms with Crippen LogP contribution in [-0.2, 0) is 16.6 Å². The molecule has 1 aliphatic rings. The first kappa shape index (κ1) is 24.8. The van der Waals surface area contributed by atoms with Crippen LogP contribution in [0.4, 0.5) is 20.2 Å². The van der Waals surface area contributed by atoms with Crippen molar-refractivity contribution in [3.8, 4) is 0 Å². The Morgan fingerprint density at radius 3 is 2.33 bits per heavy atom. The van der Waals surface area contributed by atoms with Crippen molar-refractivity contribution in [2.24, 2.45) is 4.99 Å². The largest absolute Gasteiger partial charge is 0.348 e. The predicted molar refractivity (Wildman–Crippen MR) is 135 cm³/mol. The minimum absolute atomic E-state index is 0.108. The SMILES string of the molecule is CC1=CN=CC=CN1c1ccc(C(=O)NCc2ccc(F)cc2)cc1S(=O)(=O)Nc1ccc(F)cc1. The molecular formula is C26H22F2N4O3S. The van der Waals surface area contributed by atoms with E-state index in [1.165, 1.54) is 42.5 Å². The maximum absolute atomic E-state index is 13.5. The molecule has 0 bridgehead atoms. The molecule has 7 nitrogen and oxygen atoms in total. The van der Waals surface area contributed by atoms with Crippen LogP contribution < -0.4 is 14.9 Å². The van der Waals surface area contributed by atoms with Crippen LogP contribution in [0.25, 0.3) is 0 Å². The van der Waals surface area contributed by atoms with Gasteiger partial charge in [0, 0.05) is 42.1 Å². The number of aliphatic imine (C=N–C) groups is 1. The van der Waals surface area contributed by atoms with E-state index in [0.29, 0.717) is 11.3 Å². The number of rotatable bonds is 7. The Bertz CT molecular complexity index is 1470. The summed E-state index contributed by atoms with van der Waals surface area (Å²) >= 11 is 0. The van der Waals surface area contributed by atoms with Gasteiger partial charge >= 0.3 is 0 Å². The zero-order valence-electron chi connectivity index (χ0n) is 19.2. The molecule has 0 aliphatic carbocycles. The molecule has 3 aromatic carbocycles. The summed E-state index contributed by atoms with van der Waals surface area (Å²) in [5, 5.41) is 2.71. The van der Waals surface area contributed by atoms with Crippen molar-refractivity contribution in [3.05, 3.63) is 114 Å². The molecule has 10 heteroatoms. The van der Waals surface area contributed by atoms with Gasteiger partial charge in [-0.25, -0.2) is 17.2 Å². The molecule has 4 rings (SSSR count). The summed E-state index contributed by atoms with van der Waals surface area (Å²) in [6, 6.07) is 14.9. The number of hydrogen-bond donors (Lipinski definition) is 2. The van der Waals surface area contributed by atoms with Gasteiger partial charge in [0.15, 0.2) is 0 Å². The highest BCUT2D eigenvalue weighted by Crippen LogP contribution is 2.31. The summed E-state index contributed by atoms with van der Waals surface area (Å²) in [5.74, 6) is -1.40. The standard InChI is InChI=1S/C26H22F2N4O3S/c1-18-16-29-13-2-14-32(18)24-12-5-20(26(33)30-17-19-3-6-21(27)7-4-19)15-25(24)36(34,35)31-23-10-8-22(28)9-11-23/h2-16,31H,17H2,1H3,(H,30,33). The molecule has 184 valence electrons. The Hall–Kier alpha value is -4.31. The van der Waals surface area contributed by atoms with E-state index in [0.717, 1.165) is 12.1 Å². The van der Waals surface area contributed by atoms with Gasteiger partial charge in [0.25, 0.3) is 15.9 Å². The van der Waals surface area contributed by atoms with E-state index in [4.69, 9.17) is 0 Å². The van der Waals surface area contributed by atoms with Crippen molar-refractivity contribution in [2.45, 2.75) is 18.4 Å². The number of sulfonamides is 1. The summed E-state index contributed by atoms with van der Waals surface area (Å²) in [5.41, 5.74) is 1.89. The van der Waals surface area contributed by atoms with Crippen LogP contribution in [0.15, 0.2) is 101 Å². The first-order valence-corrected chi connectivity index (χ1v) is 12.3. The molecule has 1 amide bonds. The molecule has 0 spiro atoms. The molecule has 0 aromatic heterocycles. The summed E-state index contributed by atoms with van der Waals surface area (Å²) < 4.78 is 55.8. The molecule has 0 unspecified atom stereocenters. The third kappa shape index (κ3) is 5.84. The van der Waals surface area contributed by atoms with Crippen LogP contribution in [0.3, 0.4) is 0 Å². The lowest BCUT2D eigenvalue weighted by Crippen LogP contribution is -2.25. The average Bonchev–Trinajstić information content (AvgIpc) is 3.08. The topological polar surface area (TPSA) is 90.9 Å². The van der Waals surface area contributed by atoms with E-state index in [1.807, 2.05) is 0 Å². The minimum Gasteiger partial charge on any atom is -0.348 e. The van der Waals surface area contributed by atoms with Crippen LogP contribution >= 0.6 is 0 Å². The third-order valence-electron chi connectivity index (χ3n) is 5.28. The van der Waals surface area contributed by atoms with Gasteiger partial charge in [0.05, 0.1) is 5.69 Å². The first-order valence-electron chi connectivity index (χ1n) is 10.8. The highest BCUT2D eigenvalue weighted by atomic mass is 32.2. The molecule has 0 atom stereocenters. The van der Waals surface area contributed by atoms with E-state index < -0.39 is 21.7 Å². The van der Waals surface area contributed by atoms with E-state index in [-0.39, 0.29) is 34.2 Å². The van der Waals surface area contributed by atoms with Crippen LogP contribution in [0, 0.1) is 11.6 Å². The average molecular weight is 509 g/mol. The fourth-order valence-electron chi connectivity index (χ4n) is 3.46. The number of benzene rings is 3. The normalized spacial score (nSPS) is 13.2. The second-order valence-electron chi connectivity index (χ2n) is 7.88. The van der Waals surface area contributed by atoms with Crippen molar-refractivity contribution in [1.29, 1.82) is 0 Å². The van der Waals surface area contributed by atoms with Crippen molar-refractivity contribution < 1.29 is 22.0 Å². The highest BCUT2D eigenvalue weighted by molar-refractivity contribution is 7.92. The molecule has 0 saturated heterocycles. The number of halogens is 2. The van der Waals surface area contributed by atoms with Gasteiger partial charge in [-0.1, -0.05) is 12.1 Å². The van der Waals surface area contributed by atoms with Gasteiger partial charge in [0.1, 0.15) is 16.5 Å². The van der Waals surface area contributed by atoms with E-state index in [1.54, 1.807) is 48.6 Å². The number of carbonyl (C=O) groups is 1. The number of nitrogens with one attached hydrogen (secondary N) is 2. The van der Waals surface area contributed by atoms with E-state index in [9.17, 15) is 22.0 Å². The molecule has 0 saturated carbocycles. The number of amides is 1. The van der Waals surface area contributed by atoms with Crippen LogP contribution in [0.1, 0.15) is 22.8 Å². The second-order valence-corrected chi connectivity index (χ2v) is 9.54. The number of carbonyl (C=O) groups excluding carboxylic acids is 1. The number of anilines is 2. The Balaban J connectivity index is 1.69. The first-order chi connectivity index (χ1) is 17.2. The van der Waals surface area contributed by atoms with Gasteiger partial charge in [0.2, 0.25) is 0 Å². The van der Waals surface area contributed by atoms with Crippen molar-refractivity contribution in [2.75, 3.05) is 9.62 Å². The maximum atomic E-state index is 13.5. The number of nitrogens with zero attached hydrogens (tertiary/aromatic N) is 2. The zero-order chi connectivity index (χ0) is 25.7. The summed E-state index contributed by atoms with van der Waals surface area (Å²) in [6.45, 7) is 1.89. The molecule has 1 aliphatic heterocycles. The third-order valence-corrected chi connectivity index (χ3v) is 6.69. The molecular weight excluding hydrogens is 486 g/mol. The van der Waals surface area contributed by atoms with E-state index in [2.05, 4.69) is 15.0 Å². The van der Waals surface area contributed by atoms with Crippen LogP contribution in [0.5, 0.6) is 0 Å². The minimum atomic E-state index is -4.21. The van der Waals surface area contributed by atoms with Crippen molar-refractivity contribution >= 4 is 33.5 Å². The monoisotopic (exact) mass is 508 g/mol. The molecule has 0 fully saturated rings. The molecule has 1 heterocycles. The molecule has 3 aromatic rings. The Labute approximate surface area is 207 Å². The lowest BCUT2D eigenvalue weighted by Gasteiger charge is -2.24. The fraction of sp³-hybridized carbons (Fsp3) is 0.0769. The molecule has 2 N–H and O–H groups in total. The predicted octanol–water partition coefficient (Wildman–Crippen LogP) is 4.96. The Morgan fingerprint density at radius 2 is 1.64 bits per heavy atom. The van der Waals surface area contributed by atoms with Gasteiger partial charge in [-0.05, 0) is 73.2 Å². The van der Waals surface area contributed by atoms with Crippen LogP contribution in [0.2, 0.25) is 0 Å². The molecule has 36 heavy (non-hydrogen) atoms. The van der Waals surface area contributed by atoms with E-state index >= 15 is 0 Å². The number of hydrogen-bond acceptors (Lipinski definition) is 5. The maximum Gasteiger partial charge on any atom is 0.264 e. The van der Waals surface area contributed by atoms with Gasteiger partial charge in [-0.3, -0.25) is 14.5 Å². The van der Waals surface area contributed by atoms with Crippen molar-refractivity contribution in [3.63, 3.8) is 0 Å². The quantitative estimate of drug-likeness (QED) is 0.472. The Morgan fingerprint density at radius 1 is 0.972 bits per heavy atom. The van der Waals surface area contributed by atoms with Crippen molar-refractivity contribution in [1.82, 2.24) is 5.32 Å². The second kappa shape index (κ2) is 10.5. The number of allylic oxidation sites excluding steroid dienone is 2. The molecule has 0 radical (unpaired) electrons.